The minimum absolute atomic E-state index is 0.118. The molecule has 40 heavy (non-hydrogen) atoms. The van der Waals surface area contributed by atoms with Gasteiger partial charge in [0.1, 0.15) is 11.5 Å². The Kier molecular flexibility index (Phi) is 11.9. The van der Waals surface area contributed by atoms with E-state index in [-0.39, 0.29) is 22.8 Å². The van der Waals surface area contributed by atoms with Crippen molar-refractivity contribution in [2.24, 2.45) is 0 Å². The van der Waals surface area contributed by atoms with E-state index >= 15 is 0 Å². The summed E-state index contributed by atoms with van der Waals surface area (Å²) in [4.78, 5) is 22.9. The maximum atomic E-state index is 10.5. The summed E-state index contributed by atoms with van der Waals surface area (Å²) in [5, 5.41) is 20.8. The molecular weight excluding hydrogens is 528 g/mol. The van der Waals surface area contributed by atoms with E-state index in [0.717, 1.165) is 32.0 Å². The number of hydrogen-bond donors (Lipinski definition) is 2. The number of epoxide rings is 1. The van der Waals surface area contributed by atoms with Gasteiger partial charge in [0.15, 0.2) is 5.60 Å². The number of aryl methyl sites for hydroxylation is 2. The summed E-state index contributed by atoms with van der Waals surface area (Å²) in [6.45, 7) is 23.7. The predicted molar refractivity (Wildman–Crippen MR) is 160 cm³/mol. The molecule has 3 rings (SSSR count). The van der Waals surface area contributed by atoms with E-state index in [4.69, 9.17) is 4.74 Å². The first kappa shape index (κ1) is 35.1. The van der Waals surface area contributed by atoms with E-state index in [0.29, 0.717) is 23.7 Å². The normalized spacial score (nSPS) is 16.0. The van der Waals surface area contributed by atoms with E-state index in [9.17, 15) is 19.8 Å². The largest absolute Gasteiger partial charge is 0.507 e. The highest BCUT2D eigenvalue weighted by Crippen LogP contribution is 2.42. The Balaban J connectivity index is 0.000000433. The van der Waals surface area contributed by atoms with Gasteiger partial charge in [-0.3, -0.25) is 0 Å². The van der Waals surface area contributed by atoms with Crippen molar-refractivity contribution in [1.82, 2.24) is 0 Å². The number of phenolic OH excluding ortho intramolecular Hbond substituents is 2. The van der Waals surface area contributed by atoms with Gasteiger partial charge < -0.3 is 24.4 Å². The molecular formula is C32H46O7S. The first-order valence-corrected chi connectivity index (χ1v) is 13.8. The van der Waals surface area contributed by atoms with Gasteiger partial charge in [-0.15, -0.1) is 0 Å². The van der Waals surface area contributed by atoms with Gasteiger partial charge in [0.25, 0.3) is 0 Å². The third kappa shape index (κ3) is 9.89. The highest BCUT2D eigenvalue weighted by atomic mass is 32.2. The monoisotopic (exact) mass is 574 g/mol. The summed E-state index contributed by atoms with van der Waals surface area (Å²) in [5.74, 6) is 0.140. The number of hydrogen-bond acceptors (Lipinski definition) is 8. The summed E-state index contributed by atoms with van der Waals surface area (Å²) in [7, 11) is 2.69. The number of carbonyl (C=O) groups excluding carboxylic acids is 2. The first-order valence-electron chi connectivity index (χ1n) is 13.0. The highest BCUT2D eigenvalue weighted by molar-refractivity contribution is 7.99. The Morgan fingerprint density at radius 3 is 1.45 bits per heavy atom. The van der Waals surface area contributed by atoms with E-state index in [1.54, 1.807) is 25.6 Å². The molecule has 8 heteroatoms. The van der Waals surface area contributed by atoms with Gasteiger partial charge in [-0.05, 0) is 73.9 Å². The van der Waals surface area contributed by atoms with Crippen LogP contribution in [0.1, 0.15) is 77.6 Å². The second kappa shape index (κ2) is 13.6. The van der Waals surface area contributed by atoms with Gasteiger partial charge >= 0.3 is 11.9 Å². The van der Waals surface area contributed by atoms with Crippen LogP contribution < -0.4 is 0 Å². The van der Waals surface area contributed by atoms with E-state index < -0.39 is 5.60 Å². The van der Waals surface area contributed by atoms with Gasteiger partial charge in [0, 0.05) is 26.5 Å². The molecule has 0 aromatic heterocycles. The number of methoxy groups -OCH3 is 2. The van der Waals surface area contributed by atoms with Crippen LogP contribution >= 0.6 is 11.8 Å². The minimum atomic E-state index is -0.602. The third-order valence-electron chi connectivity index (χ3n) is 6.13. The number of esters is 2. The average molecular weight is 575 g/mol. The van der Waals surface area contributed by atoms with Crippen LogP contribution in [0.3, 0.4) is 0 Å². The Morgan fingerprint density at radius 1 is 0.875 bits per heavy atom. The lowest BCUT2D eigenvalue weighted by Crippen LogP contribution is -2.21. The molecule has 1 heterocycles. The molecule has 0 aliphatic carbocycles. The van der Waals surface area contributed by atoms with Crippen LogP contribution in [0.5, 0.6) is 11.5 Å². The molecule has 1 atom stereocenters. The molecule has 7 nitrogen and oxygen atoms in total. The molecule has 2 aromatic rings. The van der Waals surface area contributed by atoms with Crippen molar-refractivity contribution in [1.29, 1.82) is 0 Å². The topological polar surface area (TPSA) is 106 Å². The van der Waals surface area contributed by atoms with E-state index in [1.807, 2.05) is 26.0 Å². The van der Waals surface area contributed by atoms with Crippen LogP contribution in [0.4, 0.5) is 0 Å². The summed E-state index contributed by atoms with van der Waals surface area (Å²) >= 11 is 1.67. The Labute approximate surface area is 243 Å². The Bertz CT molecular complexity index is 1160. The van der Waals surface area contributed by atoms with Crippen LogP contribution in [0.15, 0.2) is 46.2 Å². The number of ether oxygens (including phenoxy) is 3. The lowest BCUT2D eigenvalue weighted by molar-refractivity contribution is -0.146. The fourth-order valence-electron chi connectivity index (χ4n) is 3.51. The highest BCUT2D eigenvalue weighted by Gasteiger charge is 2.48. The number of phenols is 2. The fourth-order valence-corrected chi connectivity index (χ4v) is 4.60. The van der Waals surface area contributed by atoms with Crippen LogP contribution in [0, 0.1) is 13.8 Å². The minimum Gasteiger partial charge on any atom is -0.507 e. The molecule has 222 valence electrons. The molecule has 2 aromatic carbocycles. The summed E-state index contributed by atoms with van der Waals surface area (Å²) in [6, 6.07) is 8.19. The van der Waals surface area contributed by atoms with Crippen molar-refractivity contribution in [3.05, 3.63) is 58.7 Å². The standard InChI is InChI=1S/C22H30O2S.C5H8O3.C5H8O2/c1-13-9-15(11-17(19(13)23)21(3,4)5)25-16-10-14(2)20(24)18(12-16)22(6,7)8;1-5(3-8-5)4(6)7-2;1-4(2)5(6)7-3/h9-12,23-24H,1-8H3;3H2,1-2H3;1H2,2-3H3. The third-order valence-corrected chi connectivity index (χ3v) is 7.07. The van der Waals surface area contributed by atoms with Gasteiger partial charge in [-0.2, -0.15) is 0 Å². The zero-order valence-electron chi connectivity index (χ0n) is 26.1. The molecule has 1 aliphatic rings. The molecule has 2 N–H and O–H groups in total. The van der Waals surface area contributed by atoms with Gasteiger partial charge in [0.05, 0.1) is 20.8 Å². The molecule has 1 unspecified atom stereocenters. The van der Waals surface area contributed by atoms with Crippen molar-refractivity contribution in [3.8, 4) is 11.5 Å². The summed E-state index contributed by atoms with van der Waals surface area (Å²) in [5.41, 5.74) is 3.29. The molecule has 0 spiro atoms. The zero-order chi connectivity index (χ0) is 31.2. The van der Waals surface area contributed by atoms with Crippen LogP contribution in [-0.2, 0) is 34.6 Å². The number of carbonyl (C=O) groups is 2. The summed E-state index contributed by atoms with van der Waals surface area (Å²) in [6.07, 6.45) is 0. The Hall–Kier alpha value is -2.97. The van der Waals surface area contributed by atoms with Crippen molar-refractivity contribution >= 4 is 23.7 Å². The molecule has 1 fully saturated rings. The molecule has 1 saturated heterocycles. The lowest BCUT2D eigenvalue weighted by Gasteiger charge is -2.24. The lowest BCUT2D eigenvalue weighted by atomic mass is 9.85. The van der Waals surface area contributed by atoms with Crippen molar-refractivity contribution in [2.45, 2.75) is 95.5 Å². The summed E-state index contributed by atoms with van der Waals surface area (Å²) < 4.78 is 13.5. The van der Waals surface area contributed by atoms with Gasteiger partial charge in [0.2, 0.25) is 0 Å². The number of benzene rings is 2. The molecule has 1 aliphatic heterocycles. The number of rotatable bonds is 4. The molecule has 0 radical (unpaired) electrons. The quantitative estimate of drug-likeness (QED) is 0.225. The van der Waals surface area contributed by atoms with E-state index in [1.165, 1.54) is 14.2 Å². The second-order valence-corrected chi connectivity index (χ2v) is 13.3. The van der Waals surface area contributed by atoms with Crippen LogP contribution in [0.2, 0.25) is 0 Å². The maximum absolute atomic E-state index is 10.5. The maximum Gasteiger partial charge on any atom is 0.340 e. The Morgan fingerprint density at radius 2 is 1.25 bits per heavy atom. The van der Waals surface area contributed by atoms with Gasteiger partial charge in [-0.25, -0.2) is 9.59 Å². The SMILES string of the molecule is C=C(C)C(=O)OC.COC(=O)C1(C)CO1.Cc1cc(Sc2cc(C)c(O)c(C(C)(C)C)c2)cc(C(C)(C)C)c1O. The average Bonchev–Trinajstić information content (AvgIpc) is 3.60. The van der Waals surface area contributed by atoms with Crippen molar-refractivity contribution in [3.63, 3.8) is 0 Å². The van der Waals surface area contributed by atoms with Gasteiger partial charge in [-0.1, -0.05) is 59.9 Å². The van der Waals surface area contributed by atoms with Crippen LogP contribution in [0.25, 0.3) is 0 Å². The van der Waals surface area contributed by atoms with Crippen molar-refractivity contribution in [2.75, 3.05) is 20.8 Å². The first-order chi connectivity index (χ1) is 18.2. The second-order valence-electron chi connectivity index (χ2n) is 12.2. The van der Waals surface area contributed by atoms with E-state index in [2.05, 4.69) is 69.7 Å². The predicted octanol–water partition coefficient (Wildman–Crippen LogP) is 7.14. The molecule has 0 bridgehead atoms. The molecule has 0 saturated carbocycles. The molecule has 0 amide bonds. The number of aromatic hydroxyl groups is 2. The zero-order valence-corrected chi connectivity index (χ0v) is 26.9. The smallest absolute Gasteiger partial charge is 0.340 e. The fraction of sp³-hybridized carbons (Fsp3) is 0.500. The van der Waals surface area contributed by atoms with Crippen LogP contribution in [-0.4, -0.2) is 48.6 Å². The van der Waals surface area contributed by atoms with Crippen molar-refractivity contribution < 1.29 is 34.0 Å².